The number of nitrogens with one attached hydrogen (secondary N) is 3. The Morgan fingerprint density at radius 3 is 2.91 bits per heavy atom. The summed E-state index contributed by atoms with van der Waals surface area (Å²) in [6, 6.07) is 5.81. The lowest BCUT2D eigenvalue weighted by atomic mass is 10.2. The van der Waals surface area contributed by atoms with Gasteiger partial charge >= 0.3 is 5.69 Å². The molecule has 0 radical (unpaired) electrons. The molecule has 8 nitrogen and oxygen atoms in total. The Kier molecular flexibility index (Phi) is 2.90. The molecule has 3 heterocycles. The highest BCUT2D eigenvalue weighted by Crippen LogP contribution is 2.19. The minimum atomic E-state index is -0.199. The first kappa shape index (κ1) is 13.5. The monoisotopic (exact) mass is 309 g/mol. The third-order valence-corrected chi connectivity index (χ3v) is 3.95. The second kappa shape index (κ2) is 4.94. The van der Waals surface area contributed by atoms with Crippen molar-refractivity contribution in [2.24, 2.45) is 0 Å². The van der Waals surface area contributed by atoms with Gasteiger partial charge in [0.1, 0.15) is 12.1 Å². The molecule has 0 aliphatic rings. The summed E-state index contributed by atoms with van der Waals surface area (Å²) < 4.78 is 1.69. The van der Waals surface area contributed by atoms with Crippen molar-refractivity contribution in [1.29, 1.82) is 0 Å². The van der Waals surface area contributed by atoms with E-state index in [0.717, 1.165) is 33.7 Å². The maximum Gasteiger partial charge on any atom is 0.323 e. The Balaban J connectivity index is 1.69. The molecule has 116 valence electrons. The molecule has 0 fully saturated rings. The van der Waals surface area contributed by atoms with Gasteiger partial charge in [0.15, 0.2) is 0 Å². The average molecular weight is 309 g/mol. The fraction of sp³-hybridized carbons (Fsp3) is 0.200. The van der Waals surface area contributed by atoms with Gasteiger partial charge in [-0.05, 0) is 31.5 Å². The summed E-state index contributed by atoms with van der Waals surface area (Å²) >= 11 is 0. The maximum absolute atomic E-state index is 11.3. The van der Waals surface area contributed by atoms with Crippen molar-refractivity contribution in [1.82, 2.24) is 29.5 Å². The van der Waals surface area contributed by atoms with Gasteiger partial charge in [-0.25, -0.2) is 9.78 Å². The van der Waals surface area contributed by atoms with Crippen LogP contribution < -0.4 is 11.0 Å². The standard InChI is InChI=1S/C15H15N7O/c1-8-9(2)19-14-17-7-18-22(14)13(8)16-6-10-3-4-11-12(5-10)21-15(23)20-11/h3-5,7,16H,6H2,1-2H3,(H2,20,21,23). The van der Waals surface area contributed by atoms with Crippen LogP contribution in [0.5, 0.6) is 0 Å². The van der Waals surface area contributed by atoms with Crippen LogP contribution in [-0.4, -0.2) is 29.5 Å². The van der Waals surface area contributed by atoms with Crippen LogP contribution in [0.1, 0.15) is 16.8 Å². The lowest BCUT2D eigenvalue weighted by molar-refractivity contribution is 0.903. The first-order chi connectivity index (χ1) is 11.1. The molecule has 0 aliphatic carbocycles. The van der Waals surface area contributed by atoms with E-state index in [1.807, 2.05) is 32.0 Å². The molecule has 3 aromatic heterocycles. The van der Waals surface area contributed by atoms with Crippen LogP contribution in [0.3, 0.4) is 0 Å². The van der Waals surface area contributed by atoms with Crippen LogP contribution in [0, 0.1) is 13.8 Å². The molecule has 0 aliphatic heterocycles. The van der Waals surface area contributed by atoms with Gasteiger partial charge < -0.3 is 15.3 Å². The molecule has 23 heavy (non-hydrogen) atoms. The highest BCUT2D eigenvalue weighted by atomic mass is 16.1. The van der Waals surface area contributed by atoms with Crippen LogP contribution >= 0.6 is 0 Å². The number of H-pyrrole nitrogens is 2. The summed E-state index contributed by atoms with van der Waals surface area (Å²) in [4.78, 5) is 25.4. The zero-order valence-corrected chi connectivity index (χ0v) is 12.7. The number of rotatable bonds is 3. The van der Waals surface area contributed by atoms with Crippen LogP contribution in [0.25, 0.3) is 16.8 Å². The number of hydrogen-bond donors (Lipinski definition) is 3. The van der Waals surface area contributed by atoms with Crippen molar-refractivity contribution in [2.75, 3.05) is 5.32 Å². The van der Waals surface area contributed by atoms with E-state index in [0.29, 0.717) is 12.3 Å². The number of aryl methyl sites for hydroxylation is 1. The zero-order chi connectivity index (χ0) is 16.0. The van der Waals surface area contributed by atoms with E-state index in [4.69, 9.17) is 0 Å². The van der Waals surface area contributed by atoms with Gasteiger partial charge in [0.05, 0.1) is 11.0 Å². The van der Waals surface area contributed by atoms with E-state index < -0.39 is 0 Å². The van der Waals surface area contributed by atoms with Gasteiger partial charge in [0.2, 0.25) is 0 Å². The maximum atomic E-state index is 11.3. The third-order valence-electron chi connectivity index (χ3n) is 3.95. The molecule has 8 heteroatoms. The number of imidazole rings is 1. The Bertz CT molecular complexity index is 1070. The van der Waals surface area contributed by atoms with E-state index in [1.54, 1.807) is 4.52 Å². The van der Waals surface area contributed by atoms with E-state index >= 15 is 0 Å². The van der Waals surface area contributed by atoms with Crippen molar-refractivity contribution in [3.8, 4) is 0 Å². The number of fused-ring (bicyclic) bond motifs is 2. The molecule has 0 saturated carbocycles. The van der Waals surface area contributed by atoms with Crippen molar-refractivity contribution in [3.05, 3.63) is 51.8 Å². The van der Waals surface area contributed by atoms with E-state index in [1.165, 1.54) is 6.33 Å². The largest absolute Gasteiger partial charge is 0.366 e. The summed E-state index contributed by atoms with van der Waals surface area (Å²) in [5, 5.41) is 7.60. The van der Waals surface area contributed by atoms with E-state index in [-0.39, 0.29) is 5.69 Å². The van der Waals surface area contributed by atoms with Crippen molar-refractivity contribution in [3.63, 3.8) is 0 Å². The molecule has 0 saturated heterocycles. The number of hydrogen-bond acceptors (Lipinski definition) is 5. The van der Waals surface area contributed by atoms with Gasteiger partial charge in [-0.2, -0.15) is 14.6 Å². The number of anilines is 1. The van der Waals surface area contributed by atoms with E-state index in [2.05, 4.69) is 30.4 Å². The molecule has 4 aromatic rings. The molecular formula is C15H15N7O. The number of aromatic amines is 2. The summed E-state index contributed by atoms with van der Waals surface area (Å²) in [7, 11) is 0. The van der Waals surface area contributed by atoms with Gasteiger partial charge in [0, 0.05) is 17.8 Å². The molecule has 0 amide bonds. The zero-order valence-electron chi connectivity index (χ0n) is 12.7. The fourth-order valence-corrected chi connectivity index (χ4v) is 2.62. The number of aromatic nitrogens is 6. The second-order valence-electron chi connectivity index (χ2n) is 5.46. The van der Waals surface area contributed by atoms with Crippen molar-refractivity contribution < 1.29 is 0 Å². The number of benzene rings is 1. The van der Waals surface area contributed by atoms with Crippen LogP contribution in [-0.2, 0) is 6.54 Å². The molecule has 1 aromatic carbocycles. The van der Waals surface area contributed by atoms with Gasteiger partial charge in [-0.15, -0.1) is 0 Å². The van der Waals surface area contributed by atoms with Crippen LogP contribution in [0.2, 0.25) is 0 Å². The topological polar surface area (TPSA) is 104 Å². The molecule has 0 unspecified atom stereocenters. The third kappa shape index (κ3) is 2.24. The lowest BCUT2D eigenvalue weighted by Gasteiger charge is -2.12. The first-order valence-corrected chi connectivity index (χ1v) is 7.23. The normalized spacial score (nSPS) is 11.4. The van der Waals surface area contributed by atoms with Crippen molar-refractivity contribution >= 4 is 22.6 Å². The molecule has 4 rings (SSSR count). The summed E-state index contributed by atoms with van der Waals surface area (Å²) in [5.41, 5.74) is 4.39. The smallest absolute Gasteiger partial charge is 0.323 e. The highest BCUT2D eigenvalue weighted by molar-refractivity contribution is 5.75. The molecular weight excluding hydrogens is 294 g/mol. The Hall–Kier alpha value is -3.16. The fourth-order valence-electron chi connectivity index (χ4n) is 2.62. The van der Waals surface area contributed by atoms with Crippen molar-refractivity contribution in [2.45, 2.75) is 20.4 Å². The van der Waals surface area contributed by atoms with E-state index in [9.17, 15) is 4.79 Å². The summed E-state index contributed by atoms with van der Waals surface area (Å²) in [6.07, 6.45) is 1.49. The molecule has 3 N–H and O–H groups in total. The molecule has 0 bridgehead atoms. The SMILES string of the molecule is Cc1nc2ncnn2c(NCc2ccc3[nH]c(=O)[nH]c3c2)c1C. The minimum Gasteiger partial charge on any atom is -0.366 e. The summed E-state index contributed by atoms with van der Waals surface area (Å²) in [5.74, 6) is 1.44. The second-order valence-corrected chi connectivity index (χ2v) is 5.46. The van der Waals surface area contributed by atoms with Gasteiger partial charge in [-0.3, -0.25) is 0 Å². The first-order valence-electron chi connectivity index (χ1n) is 7.23. The Morgan fingerprint density at radius 2 is 2.04 bits per heavy atom. The predicted molar refractivity (Wildman–Crippen MR) is 86.5 cm³/mol. The quantitative estimate of drug-likeness (QED) is 0.532. The molecule has 0 spiro atoms. The Labute approximate surface area is 130 Å². The Morgan fingerprint density at radius 1 is 1.22 bits per heavy atom. The minimum absolute atomic E-state index is 0.199. The molecule has 0 atom stereocenters. The highest BCUT2D eigenvalue weighted by Gasteiger charge is 2.10. The number of nitrogens with zero attached hydrogens (tertiary/aromatic N) is 4. The lowest BCUT2D eigenvalue weighted by Crippen LogP contribution is -2.09. The van der Waals surface area contributed by atoms with Gasteiger partial charge in [-0.1, -0.05) is 6.07 Å². The van der Waals surface area contributed by atoms with Gasteiger partial charge in [0.25, 0.3) is 5.78 Å². The average Bonchev–Trinajstić information content (AvgIpc) is 3.12. The summed E-state index contributed by atoms with van der Waals surface area (Å²) in [6.45, 7) is 4.55. The van der Waals surface area contributed by atoms with Crippen LogP contribution in [0.15, 0.2) is 29.3 Å². The predicted octanol–water partition coefficient (Wildman–Crippen LogP) is 1.52. The van der Waals surface area contributed by atoms with Crippen LogP contribution in [0.4, 0.5) is 5.82 Å².